The molecule has 10 heavy (non-hydrogen) atoms. The summed E-state index contributed by atoms with van der Waals surface area (Å²) in [6.45, 7) is 8.07. The van der Waals surface area contributed by atoms with E-state index in [4.69, 9.17) is 0 Å². The average Bonchev–Trinajstić information content (AvgIpc) is 2.16. The van der Waals surface area contributed by atoms with Crippen LogP contribution in [-0.2, 0) is 7.05 Å². The van der Waals surface area contributed by atoms with Crippen molar-refractivity contribution in [2.24, 2.45) is 7.05 Å². The molecular weight excluding hydrogens is 124 g/mol. The molecule has 0 bridgehead atoms. The third-order valence-electron chi connectivity index (χ3n) is 1.26. The summed E-state index contributed by atoms with van der Waals surface area (Å²) in [6.07, 6.45) is 2.01. The predicted octanol–water partition coefficient (Wildman–Crippen LogP) is 2.06. The fourth-order valence-electron chi connectivity index (χ4n) is 0.718. The van der Waals surface area contributed by atoms with Crippen LogP contribution in [0.2, 0.25) is 0 Å². The van der Waals surface area contributed by atoms with Crippen molar-refractivity contribution in [3.63, 3.8) is 0 Å². The van der Waals surface area contributed by atoms with Gasteiger partial charge in [-0.25, -0.2) is 0 Å². The predicted molar refractivity (Wildman–Crippen MR) is 44.0 cm³/mol. The molecule has 0 unspecified atom stereocenters. The lowest BCUT2D eigenvalue weighted by atomic mass is 10.3. The highest BCUT2D eigenvalue weighted by Gasteiger charge is 1.92. The van der Waals surface area contributed by atoms with Gasteiger partial charge >= 0.3 is 0 Å². The third kappa shape index (κ3) is 2.21. The van der Waals surface area contributed by atoms with Gasteiger partial charge in [-0.3, -0.25) is 4.68 Å². The van der Waals surface area contributed by atoms with E-state index in [2.05, 4.69) is 12.0 Å². The molecule has 2 nitrogen and oxygen atoms in total. The zero-order valence-electron chi connectivity index (χ0n) is 7.47. The molecule has 0 fully saturated rings. The molecule has 0 N–H and O–H groups in total. The molecule has 0 aliphatic heterocycles. The van der Waals surface area contributed by atoms with Gasteiger partial charge in [-0.2, -0.15) is 5.10 Å². The summed E-state index contributed by atoms with van der Waals surface area (Å²) >= 11 is 0. The van der Waals surface area contributed by atoms with Crippen LogP contribution in [0.15, 0.2) is 6.20 Å². The Morgan fingerprint density at radius 2 is 1.80 bits per heavy atom. The van der Waals surface area contributed by atoms with Crippen LogP contribution in [0.4, 0.5) is 0 Å². The van der Waals surface area contributed by atoms with Crippen LogP contribution in [0.1, 0.15) is 25.1 Å². The Hall–Kier alpha value is -0.790. The lowest BCUT2D eigenvalue weighted by molar-refractivity contribution is 0.756. The monoisotopic (exact) mass is 140 g/mol. The highest BCUT2D eigenvalue weighted by atomic mass is 15.2. The summed E-state index contributed by atoms with van der Waals surface area (Å²) in [5.41, 5.74) is 2.38. The van der Waals surface area contributed by atoms with E-state index in [0.717, 1.165) is 5.69 Å². The maximum absolute atomic E-state index is 4.13. The van der Waals surface area contributed by atoms with Crippen molar-refractivity contribution in [2.45, 2.75) is 27.7 Å². The molecule has 1 rings (SSSR count). The van der Waals surface area contributed by atoms with Gasteiger partial charge in [0.05, 0.1) is 5.69 Å². The molecule has 1 heterocycles. The molecule has 0 radical (unpaired) electrons. The normalized spacial score (nSPS) is 8.50. The minimum absolute atomic E-state index is 1.12. The number of rotatable bonds is 0. The van der Waals surface area contributed by atoms with Crippen molar-refractivity contribution in [1.82, 2.24) is 9.78 Å². The minimum atomic E-state index is 1.12. The van der Waals surface area contributed by atoms with Crippen LogP contribution >= 0.6 is 0 Å². The van der Waals surface area contributed by atoms with Gasteiger partial charge in [0.1, 0.15) is 0 Å². The van der Waals surface area contributed by atoms with E-state index < -0.39 is 0 Å². The Labute approximate surface area is 62.9 Å². The van der Waals surface area contributed by atoms with Crippen LogP contribution in [0, 0.1) is 13.8 Å². The summed E-state index contributed by atoms with van der Waals surface area (Å²) in [4.78, 5) is 0. The SMILES string of the molecule is CC.Cc1cn(C)nc1C. The smallest absolute Gasteiger partial charge is 0.0622 e. The molecule has 1 aromatic heterocycles. The molecule has 0 atom stereocenters. The quantitative estimate of drug-likeness (QED) is 0.539. The van der Waals surface area contributed by atoms with Gasteiger partial charge in [-0.15, -0.1) is 0 Å². The molecule has 0 aromatic carbocycles. The Morgan fingerprint density at radius 1 is 1.30 bits per heavy atom. The Morgan fingerprint density at radius 3 is 1.90 bits per heavy atom. The van der Waals surface area contributed by atoms with Crippen LogP contribution in [0.3, 0.4) is 0 Å². The Balaban J connectivity index is 0.000000371. The van der Waals surface area contributed by atoms with Crippen molar-refractivity contribution >= 4 is 0 Å². The molecular formula is C8H16N2. The van der Waals surface area contributed by atoms with E-state index in [9.17, 15) is 0 Å². The second-order valence-corrected chi connectivity index (χ2v) is 2.07. The lowest BCUT2D eigenvalue weighted by Crippen LogP contribution is -1.86. The molecule has 0 aliphatic carbocycles. The first kappa shape index (κ1) is 9.21. The summed E-state index contributed by atoms with van der Waals surface area (Å²) in [5.74, 6) is 0. The molecule has 0 saturated carbocycles. The standard InChI is InChI=1S/C6H10N2.C2H6/c1-5-4-8(3)7-6(5)2;1-2/h4H,1-3H3;1-2H3. The Kier molecular flexibility index (Phi) is 3.77. The first-order valence-corrected chi connectivity index (χ1v) is 3.67. The van der Waals surface area contributed by atoms with Gasteiger partial charge < -0.3 is 0 Å². The van der Waals surface area contributed by atoms with Crippen LogP contribution in [-0.4, -0.2) is 9.78 Å². The van der Waals surface area contributed by atoms with E-state index in [1.165, 1.54) is 5.56 Å². The number of aryl methyl sites for hydroxylation is 3. The molecule has 0 aliphatic rings. The molecule has 0 spiro atoms. The van der Waals surface area contributed by atoms with Crippen LogP contribution < -0.4 is 0 Å². The third-order valence-corrected chi connectivity index (χ3v) is 1.26. The largest absolute Gasteiger partial charge is 0.275 e. The average molecular weight is 140 g/mol. The number of aromatic nitrogens is 2. The number of nitrogens with zero attached hydrogens (tertiary/aromatic N) is 2. The molecule has 1 aromatic rings. The maximum Gasteiger partial charge on any atom is 0.0622 e. The fourth-order valence-corrected chi connectivity index (χ4v) is 0.718. The summed E-state index contributed by atoms with van der Waals surface area (Å²) in [5, 5.41) is 4.13. The van der Waals surface area contributed by atoms with Crippen LogP contribution in [0.25, 0.3) is 0 Å². The van der Waals surface area contributed by atoms with Gasteiger partial charge in [0.15, 0.2) is 0 Å². The summed E-state index contributed by atoms with van der Waals surface area (Å²) < 4.78 is 1.82. The second-order valence-electron chi connectivity index (χ2n) is 2.07. The van der Waals surface area contributed by atoms with E-state index in [1.54, 1.807) is 0 Å². The zero-order chi connectivity index (χ0) is 8.15. The van der Waals surface area contributed by atoms with Crippen molar-refractivity contribution in [3.05, 3.63) is 17.5 Å². The van der Waals surface area contributed by atoms with Crippen molar-refractivity contribution < 1.29 is 0 Å². The molecule has 58 valence electrons. The topological polar surface area (TPSA) is 17.8 Å². The van der Waals surface area contributed by atoms with Crippen molar-refractivity contribution in [3.8, 4) is 0 Å². The van der Waals surface area contributed by atoms with Gasteiger partial charge in [0.25, 0.3) is 0 Å². The van der Waals surface area contributed by atoms with Gasteiger partial charge in [-0.1, -0.05) is 13.8 Å². The van der Waals surface area contributed by atoms with Gasteiger partial charge in [0.2, 0.25) is 0 Å². The van der Waals surface area contributed by atoms with E-state index >= 15 is 0 Å². The highest BCUT2D eigenvalue weighted by molar-refractivity contribution is 5.11. The summed E-state index contributed by atoms with van der Waals surface area (Å²) in [7, 11) is 1.93. The lowest BCUT2D eigenvalue weighted by Gasteiger charge is -1.79. The van der Waals surface area contributed by atoms with Crippen molar-refractivity contribution in [2.75, 3.05) is 0 Å². The zero-order valence-corrected chi connectivity index (χ0v) is 7.47. The van der Waals surface area contributed by atoms with Crippen molar-refractivity contribution in [1.29, 1.82) is 0 Å². The molecule has 2 heteroatoms. The maximum atomic E-state index is 4.13. The van der Waals surface area contributed by atoms with Crippen LogP contribution in [0.5, 0.6) is 0 Å². The molecule has 0 amide bonds. The summed E-state index contributed by atoms with van der Waals surface area (Å²) in [6, 6.07) is 0. The van der Waals surface area contributed by atoms with E-state index in [0.29, 0.717) is 0 Å². The minimum Gasteiger partial charge on any atom is -0.275 e. The first-order chi connectivity index (χ1) is 4.70. The van der Waals surface area contributed by atoms with Gasteiger partial charge in [0, 0.05) is 13.2 Å². The van der Waals surface area contributed by atoms with Gasteiger partial charge in [-0.05, 0) is 19.4 Å². The highest BCUT2D eigenvalue weighted by Crippen LogP contribution is 1.99. The van der Waals surface area contributed by atoms with E-state index in [-0.39, 0.29) is 0 Å². The number of hydrogen-bond acceptors (Lipinski definition) is 1. The first-order valence-electron chi connectivity index (χ1n) is 3.67. The molecule has 0 saturated heterocycles. The fraction of sp³-hybridized carbons (Fsp3) is 0.625. The van der Waals surface area contributed by atoms with E-state index in [1.807, 2.05) is 38.7 Å². The number of hydrogen-bond donors (Lipinski definition) is 0. The second kappa shape index (κ2) is 4.09. The Bertz CT molecular complexity index is 170.